The van der Waals surface area contributed by atoms with Gasteiger partial charge in [-0.05, 0) is 42.8 Å². The normalized spacial score (nSPS) is 12.7. The van der Waals surface area contributed by atoms with Crippen molar-refractivity contribution in [1.82, 2.24) is 10.3 Å². The van der Waals surface area contributed by atoms with Crippen molar-refractivity contribution in [3.8, 4) is 33.6 Å². The fourth-order valence-corrected chi connectivity index (χ4v) is 4.13. The molecular weight excluding hydrogens is 460 g/mol. The average molecular weight is 485 g/mol. The summed E-state index contributed by atoms with van der Waals surface area (Å²) >= 11 is 1.40. The lowest BCUT2D eigenvalue weighted by molar-refractivity contribution is -0.154. The minimum Gasteiger partial charge on any atom is -0.493 e. The number of carbonyl (C=O) groups is 2. The molecule has 3 aromatic rings. The lowest BCUT2D eigenvalue weighted by atomic mass is 10.2. The maximum absolute atomic E-state index is 12.4. The second kappa shape index (κ2) is 10.4. The smallest absolute Gasteiger partial charge is 0.312 e. The van der Waals surface area contributed by atoms with Gasteiger partial charge in [0.05, 0.1) is 26.3 Å². The van der Waals surface area contributed by atoms with Gasteiger partial charge >= 0.3 is 5.97 Å². The van der Waals surface area contributed by atoms with Crippen LogP contribution < -0.4 is 24.3 Å². The molecule has 1 amide bonds. The number of nitrogens with one attached hydrogen (secondary N) is 1. The number of benzene rings is 2. The number of amides is 1. The van der Waals surface area contributed by atoms with Crippen LogP contribution in [-0.2, 0) is 27.3 Å². The SMILES string of the molecule is COc1ccc(-c2nc(CC(=O)OC(C)C(=O)NCc3ccc4c(c3)OCO4)cs2)cc1OC. The van der Waals surface area contributed by atoms with Crippen molar-refractivity contribution >= 4 is 23.2 Å². The molecule has 1 aliphatic rings. The van der Waals surface area contributed by atoms with Crippen molar-refractivity contribution in [3.63, 3.8) is 0 Å². The van der Waals surface area contributed by atoms with Crippen molar-refractivity contribution in [2.45, 2.75) is 26.0 Å². The third kappa shape index (κ3) is 5.40. The van der Waals surface area contributed by atoms with Crippen LogP contribution in [0.2, 0.25) is 0 Å². The van der Waals surface area contributed by atoms with Gasteiger partial charge in [-0.25, -0.2) is 4.98 Å². The number of nitrogens with zero attached hydrogens (tertiary/aromatic N) is 1. The summed E-state index contributed by atoms with van der Waals surface area (Å²) in [6.07, 6.45) is -0.978. The molecule has 2 aromatic carbocycles. The summed E-state index contributed by atoms with van der Waals surface area (Å²) < 4.78 is 26.5. The Labute approximate surface area is 200 Å². The Kier molecular flexibility index (Phi) is 7.17. The van der Waals surface area contributed by atoms with Gasteiger partial charge in [0, 0.05) is 17.5 Å². The molecule has 0 bridgehead atoms. The number of fused-ring (bicyclic) bond motifs is 1. The predicted molar refractivity (Wildman–Crippen MR) is 124 cm³/mol. The third-order valence-corrected chi connectivity index (χ3v) is 6.03. The predicted octanol–water partition coefficient (Wildman–Crippen LogP) is 3.35. The molecule has 1 atom stereocenters. The van der Waals surface area contributed by atoms with Crippen LogP contribution in [0.3, 0.4) is 0 Å². The first-order valence-electron chi connectivity index (χ1n) is 10.5. The van der Waals surface area contributed by atoms with E-state index in [0.29, 0.717) is 28.7 Å². The van der Waals surface area contributed by atoms with Crippen LogP contribution in [0.15, 0.2) is 41.8 Å². The van der Waals surface area contributed by atoms with E-state index < -0.39 is 18.0 Å². The highest BCUT2D eigenvalue weighted by Gasteiger charge is 2.20. The number of hydrogen-bond donors (Lipinski definition) is 1. The first kappa shape index (κ1) is 23.4. The molecule has 1 aromatic heterocycles. The molecule has 34 heavy (non-hydrogen) atoms. The summed E-state index contributed by atoms with van der Waals surface area (Å²) in [6, 6.07) is 10.9. The molecule has 1 N–H and O–H groups in total. The maximum Gasteiger partial charge on any atom is 0.312 e. The number of rotatable bonds is 9. The van der Waals surface area contributed by atoms with Crippen LogP contribution in [0, 0.1) is 0 Å². The Morgan fingerprint density at radius 3 is 2.68 bits per heavy atom. The lowest BCUT2D eigenvalue weighted by Crippen LogP contribution is -2.35. The summed E-state index contributed by atoms with van der Waals surface area (Å²) in [6.45, 7) is 1.99. The second-order valence-corrected chi connectivity index (χ2v) is 8.29. The number of ether oxygens (including phenoxy) is 5. The molecule has 0 saturated heterocycles. The van der Waals surface area contributed by atoms with Crippen LogP contribution in [0.1, 0.15) is 18.2 Å². The Bertz CT molecular complexity index is 1190. The minimum atomic E-state index is -0.939. The van der Waals surface area contributed by atoms with E-state index >= 15 is 0 Å². The van der Waals surface area contributed by atoms with Crippen molar-refractivity contribution in [1.29, 1.82) is 0 Å². The first-order chi connectivity index (χ1) is 16.5. The zero-order chi connectivity index (χ0) is 24.1. The van der Waals surface area contributed by atoms with Gasteiger partial charge in [-0.1, -0.05) is 6.07 Å². The minimum absolute atomic E-state index is 0.0381. The monoisotopic (exact) mass is 484 g/mol. The van der Waals surface area contributed by atoms with Crippen molar-refractivity contribution < 1.29 is 33.3 Å². The van der Waals surface area contributed by atoms with E-state index in [1.54, 1.807) is 37.8 Å². The van der Waals surface area contributed by atoms with Crippen molar-refractivity contribution in [2.75, 3.05) is 21.0 Å². The van der Waals surface area contributed by atoms with E-state index in [1.807, 2.05) is 18.2 Å². The molecule has 10 heteroatoms. The third-order valence-electron chi connectivity index (χ3n) is 5.09. The summed E-state index contributed by atoms with van der Waals surface area (Å²) in [7, 11) is 3.14. The maximum atomic E-state index is 12.4. The molecule has 9 nitrogen and oxygen atoms in total. The fourth-order valence-electron chi connectivity index (χ4n) is 3.31. The summed E-state index contributed by atoms with van der Waals surface area (Å²) in [4.78, 5) is 29.2. The molecule has 4 rings (SSSR count). The van der Waals surface area contributed by atoms with E-state index in [9.17, 15) is 9.59 Å². The van der Waals surface area contributed by atoms with Gasteiger partial charge in [-0.3, -0.25) is 9.59 Å². The quantitative estimate of drug-likeness (QED) is 0.461. The number of methoxy groups -OCH3 is 2. The molecule has 1 unspecified atom stereocenters. The number of hydrogen-bond acceptors (Lipinski definition) is 9. The second-order valence-electron chi connectivity index (χ2n) is 7.43. The Morgan fingerprint density at radius 1 is 1.09 bits per heavy atom. The Balaban J connectivity index is 1.28. The van der Waals surface area contributed by atoms with E-state index in [1.165, 1.54) is 18.3 Å². The molecule has 178 valence electrons. The van der Waals surface area contributed by atoms with Gasteiger partial charge in [0.1, 0.15) is 5.01 Å². The number of carbonyl (C=O) groups excluding carboxylic acids is 2. The van der Waals surface area contributed by atoms with Crippen molar-refractivity contribution in [3.05, 3.63) is 53.0 Å². The van der Waals surface area contributed by atoms with Gasteiger partial charge in [0.15, 0.2) is 29.1 Å². The Hall–Kier alpha value is -3.79. The standard InChI is InChI=1S/C24H24N2O7S/c1-14(23(28)25-11-15-4-6-19-21(8-15)32-13-31-19)33-22(27)10-17-12-34-24(26-17)16-5-7-18(29-2)20(9-16)30-3/h4-9,12,14H,10-11,13H2,1-3H3,(H,25,28). The fraction of sp³-hybridized carbons (Fsp3) is 0.292. The zero-order valence-corrected chi connectivity index (χ0v) is 19.8. The van der Waals surface area contributed by atoms with Gasteiger partial charge in [-0.15, -0.1) is 11.3 Å². The molecular formula is C24H24N2O7S. The van der Waals surface area contributed by atoms with Crippen LogP contribution in [-0.4, -0.2) is 44.0 Å². The number of aromatic nitrogens is 1. The van der Waals surface area contributed by atoms with Gasteiger partial charge in [-0.2, -0.15) is 0 Å². The topological polar surface area (TPSA) is 105 Å². The highest BCUT2D eigenvalue weighted by molar-refractivity contribution is 7.13. The molecule has 0 aliphatic carbocycles. The molecule has 2 heterocycles. The molecule has 0 radical (unpaired) electrons. The zero-order valence-electron chi connectivity index (χ0n) is 19.0. The van der Waals surface area contributed by atoms with E-state index in [2.05, 4.69) is 10.3 Å². The molecule has 1 aliphatic heterocycles. The highest BCUT2D eigenvalue weighted by Crippen LogP contribution is 2.34. The average Bonchev–Trinajstić information content (AvgIpc) is 3.51. The van der Waals surface area contributed by atoms with E-state index in [4.69, 9.17) is 23.7 Å². The molecule has 0 saturated carbocycles. The van der Waals surface area contributed by atoms with Crippen LogP contribution in [0.4, 0.5) is 0 Å². The number of esters is 1. The van der Waals surface area contributed by atoms with E-state index in [-0.39, 0.29) is 19.8 Å². The summed E-state index contributed by atoms with van der Waals surface area (Å²) in [5.74, 6) is 1.61. The first-order valence-corrected chi connectivity index (χ1v) is 11.4. The van der Waals surface area contributed by atoms with Crippen molar-refractivity contribution in [2.24, 2.45) is 0 Å². The summed E-state index contributed by atoms with van der Waals surface area (Å²) in [5, 5.41) is 5.28. The Morgan fingerprint density at radius 2 is 1.88 bits per heavy atom. The van der Waals surface area contributed by atoms with Gasteiger partial charge in [0.2, 0.25) is 6.79 Å². The molecule has 0 spiro atoms. The van der Waals surface area contributed by atoms with Crippen LogP contribution >= 0.6 is 11.3 Å². The number of thiazole rings is 1. The van der Waals surface area contributed by atoms with Crippen LogP contribution in [0.5, 0.6) is 23.0 Å². The van der Waals surface area contributed by atoms with Gasteiger partial charge < -0.3 is 29.0 Å². The largest absolute Gasteiger partial charge is 0.493 e. The van der Waals surface area contributed by atoms with E-state index in [0.717, 1.165) is 16.1 Å². The highest BCUT2D eigenvalue weighted by atomic mass is 32.1. The van der Waals surface area contributed by atoms with Crippen LogP contribution in [0.25, 0.3) is 10.6 Å². The molecule has 0 fully saturated rings. The van der Waals surface area contributed by atoms with Gasteiger partial charge in [0.25, 0.3) is 5.91 Å². The lowest BCUT2D eigenvalue weighted by Gasteiger charge is -2.13. The summed E-state index contributed by atoms with van der Waals surface area (Å²) in [5.41, 5.74) is 2.26.